The predicted molar refractivity (Wildman–Crippen MR) is 84.8 cm³/mol. The van der Waals surface area contributed by atoms with Crippen molar-refractivity contribution in [1.29, 1.82) is 0 Å². The van der Waals surface area contributed by atoms with E-state index >= 15 is 0 Å². The smallest absolute Gasteiger partial charge is 0.0414 e. The van der Waals surface area contributed by atoms with Crippen molar-refractivity contribution in [2.45, 2.75) is 32.9 Å². The average molecular weight is 266 g/mol. The predicted octanol–water partition coefficient (Wildman–Crippen LogP) is 3.54. The molecule has 0 aromatic heterocycles. The molecule has 1 rings (SSSR count). The van der Waals surface area contributed by atoms with Gasteiger partial charge in [0.05, 0.1) is 0 Å². The van der Waals surface area contributed by atoms with Crippen LogP contribution in [0.1, 0.15) is 32.4 Å². The zero-order valence-electron chi connectivity index (χ0n) is 12.2. The Labute approximate surface area is 116 Å². The number of benzene rings is 1. The van der Waals surface area contributed by atoms with Gasteiger partial charge in [0.2, 0.25) is 0 Å². The lowest BCUT2D eigenvalue weighted by molar-refractivity contribution is 0.595. The quantitative estimate of drug-likeness (QED) is 0.812. The summed E-state index contributed by atoms with van der Waals surface area (Å²) in [6.07, 6.45) is 2.16. The van der Waals surface area contributed by atoms with Gasteiger partial charge in [0.1, 0.15) is 0 Å². The second-order valence-corrected chi connectivity index (χ2v) is 5.66. The highest BCUT2D eigenvalue weighted by molar-refractivity contribution is 7.98. The minimum Gasteiger partial charge on any atom is -0.371 e. The van der Waals surface area contributed by atoms with E-state index in [-0.39, 0.29) is 0 Å². The van der Waals surface area contributed by atoms with Crippen molar-refractivity contribution >= 4 is 17.4 Å². The average Bonchev–Trinajstić information content (AvgIpc) is 2.38. The highest BCUT2D eigenvalue weighted by Gasteiger charge is 2.15. The first kappa shape index (κ1) is 15.4. The Morgan fingerprint density at radius 2 is 1.94 bits per heavy atom. The molecule has 0 saturated heterocycles. The monoisotopic (exact) mass is 266 g/mol. The highest BCUT2D eigenvalue weighted by atomic mass is 32.2. The van der Waals surface area contributed by atoms with Crippen LogP contribution in [-0.2, 0) is 0 Å². The molecule has 1 aromatic carbocycles. The Morgan fingerprint density at radius 3 is 2.56 bits per heavy atom. The molecule has 0 aliphatic heterocycles. The molecule has 0 spiro atoms. The first-order valence-electron chi connectivity index (χ1n) is 6.65. The van der Waals surface area contributed by atoms with Crippen molar-refractivity contribution in [3.63, 3.8) is 0 Å². The molecule has 0 aliphatic carbocycles. The molecular formula is C15H26N2S. The third-order valence-electron chi connectivity index (χ3n) is 3.36. The molecule has 2 atom stereocenters. The number of para-hydroxylation sites is 1. The molecule has 1 aromatic rings. The van der Waals surface area contributed by atoms with Gasteiger partial charge in [0.15, 0.2) is 0 Å². The fourth-order valence-corrected chi connectivity index (χ4v) is 2.89. The van der Waals surface area contributed by atoms with Crippen molar-refractivity contribution in [3.8, 4) is 0 Å². The van der Waals surface area contributed by atoms with Gasteiger partial charge in [-0.3, -0.25) is 0 Å². The normalized spacial score (nSPS) is 14.3. The van der Waals surface area contributed by atoms with Crippen LogP contribution in [0.25, 0.3) is 0 Å². The minimum absolute atomic E-state index is 0.398. The van der Waals surface area contributed by atoms with Crippen molar-refractivity contribution < 1.29 is 0 Å². The van der Waals surface area contributed by atoms with Gasteiger partial charge in [-0.2, -0.15) is 11.8 Å². The molecule has 3 heteroatoms. The summed E-state index contributed by atoms with van der Waals surface area (Å²) in [5.41, 5.74) is 2.72. The first-order valence-corrected chi connectivity index (χ1v) is 8.05. The zero-order valence-corrected chi connectivity index (χ0v) is 13.1. The third kappa shape index (κ3) is 3.92. The van der Waals surface area contributed by atoms with Gasteiger partial charge < -0.3 is 10.2 Å². The topological polar surface area (TPSA) is 15.3 Å². The SMILES string of the molecule is CCNC(C)c1ccccc1N(C)C(C)CSC. The minimum atomic E-state index is 0.398. The largest absolute Gasteiger partial charge is 0.371 e. The number of rotatable bonds is 7. The standard InChI is InChI=1S/C15H26N2S/c1-6-16-13(3)14-9-7-8-10-15(14)17(4)12(2)11-18-5/h7-10,12-13,16H,6,11H2,1-5H3. The zero-order chi connectivity index (χ0) is 13.5. The van der Waals surface area contributed by atoms with Crippen LogP contribution in [0.3, 0.4) is 0 Å². The Kier molecular flexibility index (Phi) is 6.58. The molecule has 102 valence electrons. The summed E-state index contributed by atoms with van der Waals surface area (Å²) in [6, 6.07) is 9.65. The number of anilines is 1. The van der Waals surface area contributed by atoms with Crippen molar-refractivity contribution in [3.05, 3.63) is 29.8 Å². The van der Waals surface area contributed by atoms with E-state index in [4.69, 9.17) is 0 Å². The van der Waals surface area contributed by atoms with E-state index in [1.165, 1.54) is 11.3 Å². The van der Waals surface area contributed by atoms with Gasteiger partial charge in [-0.25, -0.2) is 0 Å². The summed E-state index contributed by atoms with van der Waals surface area (Å²) in [5.74, 6) is 1.15. The molecule has 2 unspecified atom stereocenters. The van der Waals surface area contributed by atoms with Crippen LogP contribution in [0, 0.1) is 0 Å². The van der Waals surface area contributed by atoms with Gasteiger partial charge >= 0.3 is 0 Å². The second-order valence-electron chi connectivity index (χ2n) is 4.75. The third-order valence-corrected chi connectivity index (χ3v) is 4.18. The van der Waals surface area contributed by atoms with Crippen LogP contribution >= 0.6 is 11.8 Å². The fourth-order valence-electron chi connectivity index (χ4n) is 2.18. The van der Waals surface area contributed by atoms with Crippen LogP contribution in [-0.4, -0.2) is 31.6 Å². The lowest BCUT2D eigenvalue weighted by Crippen LogP contribution is -2.32. The van der Waals surface area contributed by atoms with E-state index in [2.05, 4.69) is 68.6 Å². The lowest BCUT2D eigenvalue weighted by atomic mass is 10.0. The molecular weight excluding hydrogens is 240 g/mol. The number of thioether (sulfide) groups is 1. The molecule has 0 aliphatic rings. The lowest BCUT2D eigenvalue weighted by Gasteiger charge is -2.30. The number of nitrogens with zero attached hydrogens (tertiary/aromatic N) is 1. The van der Waals surface area contributed by atoms with Gasteiger partial charge in [-0.1, -0.05) is 25.1 Å². The summed E-state index contributed by atoms with van der Waals surface area (Å²) in [6.45, 7) is 7.67. The molecule has 0 saturated carbocycles. The summed E-state index contributed by atoms with van der Waals surface area (Å²) in [5, 5.41) is 3.50. The molecule has 0 bridgehead atoms. The van der Waals surface area contributed by atoms with Gasteiger partial charge in [0, 0.05) is 30.6 Å². The van der Waals surface area contributed by atoms with E-state index in [0.717, 1.165) is 12.3 Å². The van der Waals surface area contributed by atoms with Crippen LogP contribution < -0.4 is 10.2 Å². The maximum atomic E-state index is 3.50. The van der Waals surface area contributed by atoms with Crippen molar-refractivity contribution in [1.82, 2.24) is 5.32 Å². The van der Waals surface area contributed by atoms with Crippen LogP contribution in [0.5, 0.6) is 0 Å². The van der Waals surface area contributed by atoms with Crippen molar-refractivity contribution in [2.24, 2.45) is 0 Å². The molecule has 18 heavy (non-hydrogen) atoms. The summed E-state index contributed by atoms with van der Waals surface area (Å²) >= 11 is 1.90. The maximum Gasteiger partial charge on any atom is 0.0414 e. The second kappa shape index (κ2) is 7.70. The first-order chi connectivity index (χ1) is 8.61. The molecule has 2 nitrogen and oxygen atoms in total. The van der Waals surface area contributed by atoms with Crippen LogP contribution in [0.15, 0.2) is 24.3 Å². The molecule has 0 heterocycles. The summed E-state index contributed by atoms with van der Waals surface area (Å²) < 4.78 is 0. The summed E-state index contributed by atoms with van der Waals surface area (Å²) in [4.78, 5) is 2.39. The van der Waals surface area contributed by atoms with E-state index < -0.39 is 0 Å². The van der Waals surface area contributed by atoms with E-state index in [1.54, 1.807) is 0 Å². The fraction of sp³-hybridized carbons (Fsp3) is 0.600. The van der Waals surface area contributed by atoms with Gasteiger partial charge in [-0.05, 0) is 38.3 Å². The number of hydrogen-bond donors (Lipinski definition) is 1. The Bertz CT molecular complexity index is 354. The molecule has 0 fully saturated rings. The highest BCUT2D eigenvalue weighted by Crippen LogP contribution is 2.27. The molecule has 1 N–H and O–H groups in total. The van der Waals surface area contributed by atoms with Crippen LogP contribution in [0.4, 0.5) is 5.69 Å². The Balaban J connectivity index is 2.93. The van der Waals surface area contributed by atoms with E-state index in [0.29, 0.717) is 12.1 Å². The molecule has 0 radical (unpaired) electrons. The van der Waals surface area contributed by atoms with E-state index in [1.807, 2.05) is 11.8 Å². The molecule has 0 amide bonds. The van der Waals surface area contributed by atoms with Gasteiger partial charge in [-0.15, -0.1) is 0 Å². The summed E-state index contributed by atoms with van der Waals surface area (Å²) in [7, 11) is 2.19. The van der Waals surface area contributed by atoms with Crippen LogP contribution in [0.2, 0.25) is 0 Å². The number of nitrogens with one attached hydrogen (secondary N) is 1. The van der Waals surface area contributed by atoms with E-state index in [9.17, 15) is 0 Å². The van der Waals surface area contributed by atoms with Crippen molar-refractivity contribution in [2.75, 3.05) is 30.5 Å². The maximum absolute atomic E-state index is 3.50. The number of hydrogen-bond acceptors (Lipinski definition) is 3. The Morgan fingerprint density at radius 1 is 1.28 bits per heavy atom. The van der Waals surface area contributed by atoms with Gasteiger partial charge in [0.25, 0.3) is 0 Å². The Hall–Kier alpha value is -0.670.